The molecule has 0 unspecified atom stereocenters. The van der Waals surface area contributed by atoms with Crippen LogP contribution in [-0.2, 0) is 4.84 Å². The van der Waals surface area contributed by atoms with Gasteiger partial charge in [-0.1, -0.05) is 13.8 Å². The Bertz CT molecular complexity index is 69.7. The fourth-order valence-electron chi connectivity index (χ4n) is 0.688. The van der Waals surface area contributed by atoms with E-state index in [9.17, 15) is 0 Å². The minimum atomic E-state index is 0.278. The molecule has 0 saturated carbocycles. The second-order valence-electron chi connectivity index (χ2n) is 2.80. The zero-order chi connectivity index (χ0) is 7.98. The normalized spacial score (nSPS) is 11.4. The van der Waals surface area contributed by atoms with Gasteiger partial charge in [0.15, 0.2) is 0 Å². The summed E-state index contributed by atoms with van der Waals surface area (Å²) in [5.74, 6) is 0. The van der Waals surface area contributed by atoms with Gasteiger partial charge in [-0.25, -0.2) is 0 Å². The Hall–Kier alpha value is -0.0800. The quantitative estimate of drug-likeness (QED) is 0.598. The Kier molecular flexibility index (Phi) is 5.64. The molecule has 0 aromatic heterocycles. The smallest absolute Gasteiger partial charge is 0.0734 e. The van der Waals surface area contributed by atoms with E-state index in [0.29, 0.717) is 6.04 Å². The fraction of sp³-hybridized carbons (Fsp3) is 1.00. The standard InChI is InChI=1S/C8H19NO/c1-5-8(6-2)9-10-7(3)4/h7-9H,5-6H2,1-4H3. The highest BCUT2D eigenvalue weighted by atomic mass is 16.7. The summed E-state index contributed by atoms with van der Waals surface area (Å²) in [5.41, 5.74) is 3.02. The lowest BCUT2D eigenvalue weighted by Gasteiger charge is -2.16. The van der Waals surface area contributed by atoms with E-state index in [1.165, 1.54) is 0 Å². The molecule has 62 valence electrons. The number of nitrogens with one attached hydrogen (secondary N) is 1. The summed E-state index contributed by atoms with van der Waals surface area (Å²) >= 11 is 0. The third-order valence-electron chi connectivity index (χ3n) is 1.46. The van der Waals surface area contributed by atoms with E-state index in [2.05, 4.69) is 19.3 Å². The Labute approximate surface area is 63.9 Å². The van der Waals surface area contributed by atoms with Gasteiger partial charge in [0.05, 0.1) is 6.10 Å². The van der Waals surface area contributed by atoms with Crippen molar-refractivity contribution in [3.63, 3.8) is 0 Å². The Morgan fingerprint density at radius 3 is 2.00 bits per heavy atom. The Morgan fingerprint density at radius 1 is 1.20 bits per heavy atom. The average molecular weight is 145 g/mol. The van der Waals surface area contributed by atoms with Crippen molar-refractivity contribution in [3.05, 3.63) is 0 Å². The summed E-state index contributed by atoms with van der Waals surface area (Å²) in [6.45, 7) is 8.36. The zero-order valence-corrected chi connectivity index (χ0v) is 7.48. The van der Waals surface area contributed by atoms with Gasteiger partial charge in [-0.2, -0.15) is 5.48 Å². The van der Waals surface area contributed by atoms with Crippen LogP contribution in [0.3, 0.4) is 0 Å². The van der Waals surface area contributed by atoms with Crippen molar-refractivity contribution in [3.8, 4) is 0 Å². The predicted octanol–water partition coefficient (Wildman–Crippen LogP) is 2.10. The van der Waals surface area contributed by atoms with E-state index in [0.717, 1.165) is 12.8 Å². The van der Waals surface area contributed by atoms with Gasteiger partial charge in [-0.3, -0.25) is 4.84 Å². The van der Waals surface area contributed by atoms with Gasteiger partial charge in [-0.05, 0) is 26.7 Å². The molecular weight excluding hydrogens is 126 g/mol. The van der Waals surface area contributed by atoms with Crippen molar-refractivity contribution in [1.29, 1.82) is 0 Å². The maximum atomic E-state index is 5.24. The molecule has 0 spiro atoms. The highest BCUT2D eigenvalue weighted by Crippen LogP contribution is 1.96. The molecule has 0 aliphatic carbocycles. The molecule has 0 radical (unpaired) electrons. The van der Waals surface area contributed by atoms with Crippen LogP contribution in [0.15, 0.2) is 0 Å². The summed E-state index contributed by atoms with van der Waals surface area (Å²) < 4.78 is 0. The van der Waals surface area contributed by atoms with E-state index in [1.54, 1.807) is 0 Å². The lowest BCUT2D eigenvalue weighted by molar-refractivity contribution is -0.0272. The number of rotatable bonds is 5. The van der Waals surface area contributed by atoms with E-state index in [-0.39, 0.29) is 6.10 Å². The van der Waals surface area contributed by atoms with Gasteiger partial charge >= 0.3 is 0 Å². The van der Waals surface area contributed by atoms with Crippen LogP contribution in [0.5, 0.6) is 0 Å². The van der Waals surface area contributed by atoms with Gasteiger partial charge in [0.25, 0.3) is 0 Å². The molecule has 0 rings (SSSR count). The molecule has 2 nitrogen and oxygen atoms in total. The van der Waals surface area contributed by atoms with E-state index in [4.69, 9.17) is 4.84 Å². The maximum absolute atomic E-state index is 5.24. The second-order valence-corrected chi connectivity index (χ2v) is 2.80. The summed E-state index contributed by atoms with van der Waals surface area (Å²) in [6, 6.07) is 0.516. The molecule has 0 fully saturated rings. The molecule has 2 heteroatoms. The topological polar surface area (TPSA) is 21.3 Å². The molecule has 0 aliphatic heterocycles. The summed E-state index contributed by atoms with van der Waals surface area (Å²) in [6.07, 6.45) is 2.53. The van der Waals surface area contributed by atoms with Crippen molar-refractivity contribution in [2.75, 3.05) is 0 Å². The lowest BCUT2D eigenvalue weighted by Crippen LogP contribution is -2.30. The molecule has 0 aromatic rings. The van der Waals surface area contributed by atoms with Gasteiger partial charge in [0.1, 0.15) is 0 Å². The van der Waals surface area contributed by atoms with Crippen LogP contribution in [0.4, 0.5) is 0 Å². The lowest BCUT2D eigenvalue weighted by atomic mass is 10.2. The van der Waals surface area contributed by atoms with Crippen molar-refractivity contribution in [1.82, 2.24) is 5.48 Å². The molecule has 10 heavy (non-hydrogen) atoms. The van der Waals surface area contributed by atoms with Crippen LogP contribution in [0.2, 0.25) is 0 Å². The van der Waals surface area contributed by atoms with Crippen LogP contribution in [-0.4, -0.2) is 12.1 Å². The zero-order valence-electron chi connectivity index (χ0n) is 7.48. The fourth-order valence-corrected chi connectivity index (χ4v) is 0.688. The summed E-state index contributed by atoms with van der Waals surface area (Å²) in [7, 11) is 0. The summed E-state index contributed by atoms with van der Waals surface area (Å²) in [5, 5.41) is 0. The third kappa shape index (κ3) is 4.77. The van der Waals surface area contributed by atoms with Crippen molar-refractivity contribution >= 4 is 0 Å². The Balaban J connectivity index is 3.26. The van der Waals surface area contributed by atoms with Crippen LogP contribution < -0.4 is 5.48 Å². The van der Waals surface area contributed by atoms with E-state index in [1.807, 2.05) is 13.8 Å². The molecule has 0 bridgehead atoms. The third-order valence-corrected chi connectivity index (χ3v) is 1.46. The highest BCUT2D eigenvalue weighted by Gasteiger charge is 2.02. The SMILES string of the molecule is CCC(CC)NOC(C)C. The molecule has 0 aliphatic rings. The molecule has 0 amide bonds. The first-order chi connectivity index (χ1) is 4.70. The van der Waals surface area contributed by atoms with Crippen LogP contribution in [0.1, 0.15) is 40.5 Å². The van der Waals surface area contributed by atoms with Crippen molar-refractivity contribution in [2.24, 2.45) is 0 Å². The Morgan fingerprint density at radius 2 is 1.70 bits per heavy atom. The first-order valence-corrected chi connectivity index (χ1v) is 4.11. The number of hydroxylamine groups is 1. The van der Waals surface area contributed by atoms with E-state index >= 15 is 0 Å². The maximum Gasteiger partial charge on any atom is 0.0734 e. The van der Waals surface area contributed by atoms with E-state index < -0.39 is 0 Å². The van der Waals surface area contributed by atoms with Gasteiger partial charge in [0.2, 0.25) is 0 Å². The average Bonchev–Trinajstić information content (AvgIpc) is 1.90. The van der Waals surface area contributed by atoms with Crippen molar-refractivity contribution < 1.29 is 4.84 Å². The first-order valence-electron chi connectivity index (χ1n) is 4.11. The second kappa shape index (κ2) is 5.69. The van der Waals surface area contributed by atoms with Crippen molar-refractivity contribution in [2.45, 2.75) is 52.7 Å². The highest BCUT2D eigenvalue weighted by molar-refractivity contribution is 4.55. The molecule has 0 heterocycles. The van der Waals surface area contributed by atoms with Gasteiger partial charge in [-0.15, -0.1) is 0 Å². The first kappa shape index (κ1) is 9.92. The number of hydrogen-bond donors (Lipinski definition) is 1. The predicted molar refractivity (Wildman–Crippen MR) is 43.7 cm³/mol. The van der Waals surface area contributed by atoms with Gasteiger partial charge in [0, 0.05) is 6.04 Å². The summed E-state index contributed by atoms with van der Waals surface area (Å²) in [4.78, 5) is 5.24. The van der Waals surface area contributed by atoms with Crippen LogP contribution in [0.25, 0.3) is 0 Å². The molecule has 0 atom stereocenters. The number of hydrogen-bond acceptors (Lipinski definition) is 2. The van der Waals surface area contributed by atoms with Crippen LogP contribution >= 0.6 is 0 Å². The molecular formula is C8H19NO. The monoisotopic (exact) mass is 145 g/mol. The minimum absolute atomic E-state index is 0.278. The largest absolute Gasteiger partial charge is 0.299 e. The van der Waals surface area contributed by atoms with Gasteiger partial charge < -0.3 is 0 Å². The van der Waals surface area contributed by atoms with Crippen LogP contribution in [0, 0.1) is 0 Å². The molecule has 0 saturated heterocycles. The molecule has 0 aromatic carbocycles. The molecule has 1 N–H and O–H groups in total. The minimum Gasteiger partial charge on any atom is -0.299 e.